The number of pyridine rings is 1. The van der Waals surface area contributed by atoms with E-state index in [0.29, 0.717) is 10.7 Å². The fraction of sp³-hybridized carbons (Fsp3) is 0.286. The minimum Gasteiger partial charge on any atom is -0.489 e. The Bertz CT molecular complexity index is 1100. The maximum absolute atomic E-state index is 11.6. The molecule has 1 fully saturated rings. The Hall–Kier alpha value is -2.64. The number of aromatic nitrogens is 1. The monoisotopic (exact) mass is 397 g/mol. The summed E-state index contributed by atoms with van der Waals surface area (Å²) >= 11 is 0. The van der Waals surface area contributed by atoms with Crippen LogP contribution in [0.5, 0.6) is 5.75 Å². The molecule has 1 aliphatic heterocycles. The van der Waals surface area contributed by atoms with Crippen molar-refractivity contribution in [1.82, 2.24) is 9.88 Å². The maximum Gasteiger partial charge on any atom is 0.175 e. The van der Waals surface area contributed by atoms with E-state index in [2.05, 4.69) is 9.88 Å². The number of fused-ring (bicyclic) bond motifs is 1. The zero-order valence-corrected chi connectivity index (χ0v) is 16.5. The third kappa shape index (κ3) is 4.10. The van der Waals surface area contributed by atoms with Crippen LogP contribution in [0.2, 0.25) is 0 Å². The quantitative estimate of drug-likeness (QED) is 0.713. The van der Waals surface area contributed by atoms with Crippen molar-refractivity contribution in [3.8, 4) is 5.75 Å². The highest BCUT2D eigenvalue weighted by atomic mass is 32.2. The number of rotatable bonds is 5. The summed E-state index contributed by atoms with van der Waals surface area (Å²) in [5.41, 5.74) is 7.00. The molecule has 1 saturated heterocycles. The summed E-state index contributed by atoms with van der Waals surface area (Å²) in [5, 5.41) is 1.95. The fourth-order valence-electron chi connectivity index (χ4n) is 3.58. The lowest BCUT2D eigenvalue weighted by Crippen LogP contribution is -2.24. The Balaban J connectivity index is 1.38. The first-order chi connectivity index (χ1) is 13.4. The molecule has 0 bridgehead atoms. The van der Waals surface area contributed by atoms with Gasteiger partial charge in [0.05, 0.1) is 4.90 Å². The summed E-state index contributed by atoms with van der Waals surface area (Å²) in [6, 6.07) is 14.9. The number of nitrogens with zero attached hydrogens (tertiary/aromatic N) is 2. The van der Waals surface area contributed by atoms with Crippen molar-refractivity contribution >= 4 is 26.4 Å². The van der Waals surface area contributed by atoms with Crippen LogP contribution in [-0.4, -0.2) is 43.8 Å². The van der Waals surface area contributed by atoms with Crippen LogP contribution < -0.4 is 10.5 Å². The standard InChI is InChI=1S/C21H23N3O3S/c1-28(25,26)19-5-2-15(3-6-19)13-24-11-9-18(14-24)27-17-4-7-20-16(12-17)8-10-23-21(20)22/h2-8,10,12,18H,9,11,13-14H2,1H3,(H2,22,23)/t18-/m0/s1. The minimum absolute atomic E-state index is 0.131. The number of ether oxygens (including phenoxy) is 1. The summed E-state index contributed by atoms with van der Waals surface area (Å²) in [7, 11) is -3.15. The zero-order chi connectivity index (χ0) is 19.7. The molecule has 2 N–H and O–H groups in total. The Labute approximate surface area is 164 Å². The molecule has 4 rings (SSSR count). The van der Waals surface area contributed by atoms with Gasteiger partial charge >= 0.3 is 0 Å². The molecule has 28 heavy (non-hydrogen) atoms. The number of hydrogen-bond donors (Lipinski definition) is 1. The number of sulfone groups is 1. The Morgan fingerprint density at radius 1 is 1.18 bits per heavy atom. The topological polar surface area (TPSA) is 85.5 Å². The Morgan fingerprint density at radius 2 is 1.96 bits per heavy atom. The molecule has 0 saturated carbocycles. The van der Waals surface area contributed by atoms with E-state index in [1.165, 1.54) is 6.26 Å². The predicted molar refractivity (Wildman–Crippen MR) is 110 cm³/mol. The molecular formula is C21H23N3O3S. The number of hydrogen-bond acceptors (Lipinski definition) is 6. The van der Waals surface area contributed by atoms with Crippen LogP contribution in [0.15, 0.2) is 59.6 Å². The minimum atomic E-state index is -3.15. The molecule has 0 amide bonds. The SMILES string of the molecule is CS(=O)(=O)c1ccc(CN2CC[C@H](Oc3ccc4c(N)nccc4c3)C2)cc1. The van der Waals surface area contributed by atoms with E-state index in [4.69, 9.17) is 10.5 Å². The molecule has 146 valence electrons. The van der Waals surface area contributed by atoms with Crippen molar-refractivity contribution in [1.29, 1.82) is 0 Å². The average Bonchev–Trinajstić information content (AvgIpc) is 3.08. The fourth-order valence-corrected chi connectivity index (χ4v) is 4.21. The van der Waals surface area contributed by atoms with Gasteiger partial charge in [0, 0.05) is 37.5 Å². The highest BCUT2D eigenvalue weighted by Crippen LogP contribution is 2.26. The van der Waals surface area contributed by atoms with Crippen molar-refractivity contribution in [3.63, 3.8) is 0 Å². The van der Waals surface area contributed by atoms with Gasteiger partial charge < -0.3 is 10.5 Å². The zero-order valence-electron chi connectivity index (χ0n) is 15.7. The van der Waals surface area contributed by atoms with Gasteiger partial charge in [-0.05, 0) is 53.8 Å². The van der Waals surface area contributed by atoms with Gasteiger partial charge in [0.1, 0.15) is 17.7 Å². The second kappa shape index (κ2) is 7.41. The molecule has 0 aliphatic carbocycles. The molecule has 0 radical (unpaired) electrons. The largest absolute Gasteiger partial charge is 0.489 e. The number of nitrogens with two attached hydrogens (primary N) is 1. The number of nitrogen functional groups attached to an aromatic ring is 1. The van der Waals surface area contributed by atoms with E-state index in [0.717, 1.165) is 48.1 Å². The van der Waals surface area contributed by atoms with Crippen LogP contribution in [0.25, 0.3) is 10.8 Å². The smallest absolute Gasteiger partial charge is 0.175 e. The number of anilines is 1. The lowest BCUT2D eigenvalue weighted by molar-refractivity contribution is 0.198. The van der Waals surface area contributed by atoms with Crippen LogP contribution in [0, 0.1) is 0 Å². The lowest BCUT2D eigenvalue weighted by Gasteiger charge is -2.17. The van der Waals surface area contributed by atoms with E-state index in [9.17, 15) is 8.42 Å². The normalized spacial score (nSPS) is 17.8. The van der Waals surface area contributed by atoms with E-state index in [1.807, 2.05) is 36.4 Å². The number of likely N-dealkylation sites (tertiary alicyclic amines) is 1. The lowest BCUT2D eigenvalue weighted by atomic mass is 10.1. The van der Waals surface area contributed by atoms with E-state index in [1.54, 1.807) is 18.3 Å². The van der Waals surface area contributed by atoms with E-state index >= 15 is 0 Å². The molecular weight excluding hydrogens is 374 g/mol. The van der Waals surface area contributed by atoms with Crippen molar-refractivity contribution in [2.75, 3.05) is 25.1 Å². The Morgan fingerprint density at radius 3 is 2.71 bits per heavy atom. The summed E-state index contributed by atoms with van der Waals surface area (Å²) in [5.74, 6) is 1.36. The van der Waals surface area contributed by atoms with Gasteiger partial charge in [-0.15, -0.1) is 0 Å². The highest BCUT2D eigenvalue weighted by molar-refractivity contribution is 7.90. The first-order valence-corrected chi connectivity index (χ1v) is 11.1. The van der Waals surface area contributed by atoms with Crippen LogP contribution in [0.4, 0.5) is 5.82 Å². The van der Waals surface area contributed by atoms with Gasteiger partial charge in [-0.3, -0.25) is 4.90 Å². The summed E-state index contributed by atoms with van der Waals surface area (Å²) in [4.78, 5) is 6.78. The van der Waals surface area contributed by atoms with Crippen LogP contribution in [0.3, 0.4) is 0 Å². The van der Waals surface area contributed by atoms with Gasteiger partial charge in [0.2, 0.25) is 0 Å². The second-order valence-corrected chi connectivity index (χ2v) is 9.27. The molecule has 0 unspecified atom stereocenters. The first-order valence-electron chi connectivity index (χ1n) is 9.21. The molecule has 6 nitrogen and oxygen atoms in total. The van der Waals surface area contributed by atoms with Gasteiger partial charge in [0.15, 0.2) is 9.84 Å². The first kappa shape index (κ1) is 18.7. The Kier molecular flexibility index (Phi) is 4.95. The molecule has 1 atom stereocenters. The third-order valence-corrected chi connectivity index (χ3v) is 6.18. The van der Waals surface area contributed by atoms with Gasteiger partial charge in [0.25, 0.3) is 0 Å². The molecule has 2 aromatic carbocycles. The molecule has 3 aromatic rings. The number of benzene rings is 2. The van der Waals surface area contributed by atoms with Crippen LogP contribution in [-0.2, 0) is 16.4 Å². The van der Waals surface area contributed by atoms with Crippen LogP contribution >= 0.6 is 0 Å². The van der Waals surface area contributed by atoms with E-state index < -0.39 is 9.84 Å². The third-order valence-electron chi connectivity index (χ3n) is 5.06. The van der Waals surface area contributed by atoms with Gasteiger partial charge in [-0.1, -0.05) is 12.1 Å². The van der Waals surface area contributed by atoms with Gasteiger partial charge in [-0.25, -0.2) is 13.4 Å². The van der Waals surface area contributed by atoms with Crippen molar-refractivity contribution in [2.45, 2.75) is 24.0 Å². The summed E-state index contributed by atoms with van der Waals surface area (Å²) in [6.07, 6.45) is 4.01. The summed E-state index contributed by atoms with van der Waals surface area (Å²) in [6.45, 7) is 2.57. The van der Waals surface area contributed by atoms with Crippen molar-refractivity contribution < 1.29 is 13.2 Å². The molecule has 1 aliphatic rings. The molecule has 0 spiro atoms. The van der Waals surface area contributed by atoms with Crippen molar-refractivity contribution in [2.24, 2.45) is 0 Å². The maximum atomic E-state index is 11.6. The van der Waals surface area contributed by atoms with E-state index in [-0.39, 0.29) is 6.10 Å². The average molecular weight is 398 g/mol. The molecule has 7 heteroatoms. The molecule has 1 aromatic heterocycles. The second-order valence-electron chi connectivity index (χ2n) is 7.26. The van der Waals surface area contributed by atoms with Gasteiger partial charge in [-0.2, -0.15) is 0 Å². The van der Waals surface area contributed by atoms with Crippen molar-refractivity contribution in [3.05, 3.63) is 60.3 Å². The highest BCUT2D eigenvalue weighted by Gasteiger charge is 2.24. The summed E-state index contributed by atoms with van der Waals surface area (Å²) < 4.78 is 29.3. The molecule has 2 heterocycles. The predicted octanol–water partition coefficient (Wildman–Crippen LogP) is 2.87. The van der Waals surface area contributed by atoms with Crippen LogP contribution in [0.1, 0.15) is 12.0 Å².